The smallest absolute Gasteiger partial charge is 0.303 e. The van der Waals surface area contributed by atoms with Gasteiger partial charge in [-0.3, -0.25) is 28.8 Å². The number of carbonyl (C=O) groups is 6. The van der Waals surface area contributed by atoms with Gasteiger partial charge in [-0.25, -0.2) is 4.39 Å². The maximum Gasteiger partial charge on any atom is 0.303 e. The number of carbonyl (C=O) groups excluding carboxylic acids is 6. The number of hydrogen-bond donors (Lipinski definition) is 0. The third-order valence-electron chi connectivity index (χ3n) is 12.3. The van der Waals surface area contributed by atoms with E-state index in [1.54, 1.807) is 29.2 Å². The van der Waals surface area contributed by atoms with E-state index >= 15 is 0 Å². The molecule has 0 bridgehead atoms. The zero-order valence-corrected chi connectivity index (χ0v) is 43.6. The molecular weight excluding hydrogens is 966 g/mol. The monoisotopic (exact) mass is 1030 g/mol. The Bertz CT molecular complexity index is 2910. The molecule has 5 aromatic carbocycles. The Morgan fingerprint density at radius 2 is 1.35 bits per heavy atom. The number of rotatable bonds is 17. The molecule has 2 aliphatic heterocycles. The van der Waals surface area contributed by atoms with Crippen LogP contribution in [0.2, 0.25) is 19.6 Å². The molecule has 14 nitrogen and oxygen atoms in total. The van der Waals surface area contributed by atoms with E-state index in [0.29, 0.717) is 45.7 Å². The van der Waals surface area contributed by atoms with E-state index < -0.39 is 92.3 Å². The minimum Gasteiger partial charge on any atom is -0.489 e. The van der Waals surface area contributed by atoms with Crippen molar-refractivity contribution in [2.45, 2.75) is 116 Å². The number of benzene rings is 5. The van der Waals surface area contributed by atoms with Crippen molar-refractivity contribution in [1.82, 2.24) is 0 Å². The summed E-state index contributed by atoms with van der Waals surface area (Å²) < 4.78 is 55.5. The number of ether oxygens (including phenoxy) is 7. The highest BCUT2D eigenvalue weighted by Gasteiger charge is 2.53. The molecule has 0 radical (unpaired) electrons. The van der Waals surface area contributed by atoms with Gasteiger partial charge in [-0.2, -0.15) is 0 Å². The lowest BCUT2D eigenvalue weighted by Gasteiger charge is -2.48. The summed E-state index contributed by atoms with van der Waals surface area (Å²) in [6.07, 6.45) is -6.47. The predicted molar refractivity (Wildman–Crippen MR) is 274 cm³/mol. The number of anilines is 1. The molecule has 2 heterocycles. The fraction of sp³-hybridized carbons (Fsp3) is 0.345. The summed E-state index contributed by atoms with van der Waals surface area (Å²) in [4.78, 5) is 78.5. The summed E-state index contributed by atoms with van der Waals surface area (Å²) in [5, 5.41) is 0. The van der Waals surface area contributed by atoms with Crippen molar-refractivity contribution in [2.24, 2.45) is 5.92 Å². The average Bonchev–Trinajstić information content (AvgIpc) is 3.35. The minimum absolute atomic E-state index is 0.146. The summed E-state index contributed by atoms with van der Waals surface area (Å²) in [6, 6.07) is 35.3. The zero-order chi connectivity index (χ0) is 53.3. The second kappa shape index (κ2) is 24.0. The molecule has 2 aliphatic rings. The Balaban J connectivity index is 1.31. The van der Waals surface area contributed by atoms with E-state index in [0.717, 1.165) is 18.1 Å². The number of esters is 5. The van der Waals surface area contributed by atoms with Crippen molar-refractivity contribution in [3.8, 4) is 28.3 Å². The summed E-state index contributed by atoms with van der Waals surface area (Å²) in [6.45, 7) is 12.3. The first-order chi connectivity index (χ1) is 35.2. The molecule has 0 aromatic heterocycles. The van der Waals surface area contributed by atoms with Gasteiger partial charge in [0, 0.05) is 51.4 Å². The van der Waals surface area contributed by atoms with Crippen LogP contribution in [0.4, 0.5) is 10.1 Å². The molecule has 0 aliphatic carbocycles. The van der Waals surface area contributed by atoms with E-state index in [9.17, 15) is 33.2 Å². The SMILES string of the molecule is CC(=O)OC[C@H]1OC(c2cccc(-c3ccc([C@@H]4[C@@H](CC[C@H](OC(C)=O)c5ccc(F)cc5)C(=O)N4c4ccc(C#C[Si](C)(C)C)cc4)c(OCc4ccccc4)c3)c2)[C@H](OC(C)=O)[C@@H](OC(C)=O)[C@@H]1OC(C)=O. The lowest BCUT2D eigenvalue weighted by atomic mass is 9.77. The fourth-order valence-corrected chi connectivity index (χ4v) is 9.67. The van der Waals surface area contributed by atoms with Crippen molar-refractivity contribution in [2.75, 3.05) is 11.5 Å². The number of amides is 1. The normalized spacial score (nSPS) is 20.6. The van der Waals surface area contributed by atoms with Crippen LogP contribution in [0.5, 0.6) is 5.75 Å². The first kappa shape index (κ1) is 54.2. The van der Waals surface area contributed by atoms with E-state index in [1.165, 1.54) is 39.8 Å². The molecule has 74 heavy (non-hydrogen) atoms. The first-order valence-corrected chi connectivity index (χ1v) is 27.8. The highest BCUT2D eigenvalue weighted by Crippen LogP contribution is 2.50. The Kier molecular flexibility index (Phi) is 17.5. The standard InChI is InChI=1S/C58H60FNO13Si/c1-35(61)67-34-52-55(70-37(3)63)57(72-39(5)65)56(71-38(4)64)54(73-52)45-16-12-15-43(31-45)44-21-26-48(51(32-44)68-33-41-13-10-9-11-14-41)53-49(27-28-50(69-36(2)62)42-19-22-46(59)23-20-42)58(66)60(53)47-24-17-40(18-25-47)29-30-74(6,7)8/h9-26,31-32,49-50,52-57H,27-28,33-34H2,1-8H3/t49-,50+,52-,53-,54?,55-,56+,57+/m1/s1. The molecule has 0 saturated carbocycles. The van der Waals surface area contributed by atoms with E-state index in [-0.39, 0.29) is 25.5 Å². The molecule has 0 N–H and O–H groups in total. The maximum absolute atomic E-state index is 14.6. The molecule has 0 spiro atoms. The molecule has 7 rings (SSSR count). The fourth-order valence-electron chi connectivity index (χ4n) is 9.15. The van der Waals surface area contributed by atoms with Gasteiger partial charge in [-0.05, 0) is 89.2 Å². The number of β-lactam (4-membered cyclic amide) rings is 1. The van der Waals surface area contributed by atoms with Gasteiger partial charge in [-0.15, -0.1) is 5.54 Å². The third kappa shape index (κ3) is 13.9. The van der Waals surface area contributed by atoms with E-state index in [2.05, 4.69) is 31.1 Å². The quantitative estimate of drug-likeness (QED) is 0.0284. The van der Waals surface area contributed by atoms with Crippen LogP contribution in [0.15, 0.2) is 121 Å². The summed E-state index contributed by atoms with van der Waals surface area (Å²) in [5.41, 5.74) is 8.91. The Morgan fingerprint density at radius 1 is 0.703 bits per heavy atom. The summed E-state index contributed by atoms with van der Waals surface area (Å²) in [7, 11) is -1.68. The van der Waals surface area contributed by atoms with Crippen molar-refractivity contribution < 1.29 is 66.3 Å². The number of halogens is 1. The molecule has 8 atom stereocenters. The van der Waals surface area contributed by atoms with Crippen molar-refractivity contribution >= 4 is 49.5 Å². The van der Waals surface area contributed by atoms with Crippen LogP contribution in [-0.4, -0.2) is 74.9 Å². The first-order valence-electron chi connectivity index (χ1n) is 24.3. The van der Waals surface area contributed by atoms with Crippen LogP contribution in [0.1, 0.15) is 93.5 Å². The Morgan fingerprint density at radius 3 is 1.99 bits per heavy atom. The molecule has 2 fully saturated rings. The third-order valence-corrected chi connectivity index (χ3v) is 13.2. The number of nitrogens with zero attached hydrogens (tertiary/aromatic N) is 1. The van der Waals surface area contributed by atoms with Crippen molar-refractivity contribution in [3.63, 3.8) is 0 Å². The maximum atomic E-state index is 14.6. The molecule has 5 aromatic rings. The van der Waals surface area contributed by atoms with Gasteiger partial charge < -0.3 is 38.1 Å². The van der Waals surface area contributed by atoms with Crippen LogP contribution < -0.4 is 9.64 Å². The van der Waals surface area contributed by atoms with Crippen LogP contribution in [0.25, 0.3) is 11.1 Å². The van der Waals surface area contributed by atoms with Crippen LogP contribution in [0, 0.1) is 23.2 Å². The summed E-state index contributed by atoms with van der Waals surface area (Å²) >= 11 is 0. The van der Waals surface area contributed by atoms with Gasteiger partial charge in [-0.1, -0.05) is 98.4 Å². The van der Waals surface area contributed by atoms with E-state index in [1.807, 2.05) is 84.9 Å². The highest BCUT2D eigenvalue weighted by atomic mass is 28.3. The molecule has 2 saturated heterocycles. The predicted octanol–water partition coefficient (Wildman–Crippen LogP) is 9.89. The van der Waals surface area contributed by atoms with Gasteiger partial charge >= 0.3 is 29.8 Å². The lowest BCUT2D eigenvalue weighted by molar-refractivity contribution is -0.254. The van der Waals surface area contributed by atoms with E-state index in [4.69, 9.17) is 33.2 Å². The van der Waals surface area contributed by atoms with Crippen LogP contribution in [0.3, 0.4) is 0 Å². The van der Waals surface area contributed by atoms with Gasteiger partial charge in [0.1, 0.15) is 51.2 Å². The second-order valence-corrected chi connectivity index (χ2v) is 24.1. The molecule has 386 valence electrons. The molecule has 1 amide bonds. The van der Waals surface area contributed by atoms with Gasteiger partial charge in [0.15, 0.2) is 18.3 Å². The topological polar surface area (TPSA) is 170 Å². The minimum atomic E-state index is -1.68. The van der Waals surface area contributed by atoms with Crippen LogP contribution >= 0.6 is 0 Å². The van der Waals surface area contributed by atoms with Gasteiger partial charge in [0.05, 0.1) is 12.0 Å². The zero-order valence-electron chi connectivity index (χ0n) is 42.6. The van der Waals surface area contributed by atoms with Crippen LogP contribution in [-0.2, 0) is 63.8 Å². The van der Waals surface area contributed by atoms with Crippen molar-refractivity contribution in [3.05, 3.63) is 155 Å². The molecule has 1 unspecified atom stereocenters. The average molecular weight is 1030 g/mol. The highest BCUT2D eigenvalue weighted by molar-refractivity contribution is 6.83. The van der Waals surface area contributed by atoms with Gasteiger partial charge in [0.2, 0.25) is 5.91 Å². The lowest BCUT2D eigenvalue weighted by Crippen LogP contribution is -2.59. The Labute approximate surface area is 431 Å². The summed E-state index contributed by atoms with van der Waals surface area (Å²) in [5.74, 6) is -0.778. The molecular formula is C58H60FNO13Si. The largest absolute Gasteiger partial charge is 0.489 e. The van der Waals surface area contributed by atoms with Crippen molar-refractivity contribution in [1.29, 1.82) is 0 Å². The number of hydrogen-bond acceptors (Lipinski definition) is 13. The Hall–Kier alpha value is -7.61. The second-order valence-electron chi connectivity index (χ2n) is 19.3. The van der Waals surface area contributed by atoms with Gasteiger partial charge in [0.25, 0.3) is 0 Å². The molecule has 16 heteroatoms.